The van der Waals surface area contributed by atoms with Crippen LogP contribution in [0.15, 0.2) is 77.9 Å². The first-order valence-electron chi connectivity index (χ1n) is 7.98. The van der Waals surface area contributed by atoms with Crippen LogP contribution in [0.5, 0.6) is 11.6 Å². The summed E-state index contributed by atoms with van der Waals surface area (Å²) in [5, 5.41) is 9.44. The largest absolute Gasteiger partial charge is 0.513 e. The molecular weight excluding hydrogens is 348 g/mol. The number of hydrogen-bond acceptors (Lipinski definition) is 6. The number of nitrogens with zero attached hydrogens (tertiary/aromatic N) is 2. The molecule has 2 heterocycles. The number of carbonyl (C=O) groups is 1. The molecule has 0 spiro atoms. The third-order valence-electron chi connectivity index (χ3n) is 3.72. The fourth-order valence-electron chi connectivity index (χ4n) is 2.49. The highest BCUT2D eigenvalue weighted by Gasteiger charge is 2.18. The minimum Gasteiger partial charge on any atom is -0.513 e. The van der Waals surface area contributed by atoms with Gasteiger partial charge in [0, 0.05) is 18.3 Å². The first kappa shape index (κ1) is 17.9. The SMILES string of the molecule is COC(=O)/C(=C\O)n1c(-c2ccc(Oc3ccccn3)cc2)cccc1=O. The van der Waals surface area contributed by atoms with Gasteiger partial charge in [-0.25, -0.2) is 9.78 Å². The summed E-state index contributed by atoms with van der Waals surface area (Å²) in [6.07, 6.45) is 2.18. The number of pyridine rings is 2. The fourth-order valence-corrected chi connectivity index (χ4v) is 2.49. The Morgan fingerprint density at radius 2 is 1.85 bits per heavy atom. The first-order valence-corrected chi connectivity index (χ1v) is 7.98. The summed E-state index contributed by atoms with van der Waals surface area (Å²) < 4.78 is 11.4. The molecule has 0 aliphatic heterocycles. The van der Waals surface area contributed by atoms with E-state index in [1.807, 2.05) is 6.07 Å². The van der Waals surface area contributed by atoms with Crippen molar-refractivity contribution in [3.05, 3.63) is 83.5 Å². The Morgan fingerprint density at radius 3 is 2.48 bits per heavy atom. The molecule has 136 valence electrons. The minimum atomic E-state index is -0.831. The van der Waals surface area contributed by atoms with Gasteiger partial charge in [0.15, 0.2) is 5.70 Å². The Balaban J connectivity index is 1.99. The number of aliphatic hydroxyl groups is 1. The summed E-state index contributed by atoms with van der Waals surface area (Å²) in [6, 6.07) is 16.7. The van der Waals surface area contributed by atoms with E-state index in [-0.39, 0.29) is 5.70 Å². The zero-order valence-corrected chi connectivity index (χ0v) is 14.4. The summed E-state index contributed by atoms with van der Waals surface area (Å²) in [5.41, 5.74) is 0.292. The van der Waals surface area contributed by atoms with Gasteiger partial charge in [0.05, 0.1) is 12.8 Å². The van der Waals surface area contributed by atoms with Crippen molar-refractivity contribution < 1.29 is 19.4 Å². The number of benzene rings is 1. The Hall–Kier alpha value is -3.87. The smallest absolute Gasteiger partial charge is 0.358 e. The van der Waals surface area contributed by atoms with Crippen LogP contribution < -0.4 is 10.3 Å². The van der Waals surface area contributed by atoms with Crippen LogP contribution in [0.3, 0.4) is 0 Å². The first-order chi connectivity index (χ1) is 13.1. The lowest BCUT2D eigenvalue weighted by molar-refractivity contribution is -0.134. The van der Waals surface area contributed by atoms with Gasteiger partial charge in [-0.3, -0.25) is 9.36 Å². The number of rotatable bonds is 5. The molecule has 7 nitrogen and oxygen atoms in total. The van der Waals surface area contributed by atoms with Crippen molar-refractivity contribution in [1.29, 1.82) is 0 Å². The van der Waals surface area contributed by atoms with E-state index < -0.39 is 11.5 Å². The van der Waals surface area contributed by atoms with E-state index >= 15 is 0 Å². The Morgan fingerprint density at radius 1 is 1.07 bits per heavy atom. The molecule has 0 unspecified atom stereocenters. The molecule has 0 bridgehead atoms. The van der Waals surface area contributed by atoms with E-state index in [1.165, 1.54) is 13.2 Å². The number of ether oxygens (including phenoxy) is 2. The summed E-state index contributed by atoms with van der Waals surface area (Å²) in [4.78, 5) is 28.3. The van der Waals surface area contributed by atoms with Gasteiger partial charge in [-0.1, -0.05) is 12.1 Å². The predicted molar refractivity (Wildman–Crippen MR) is 99.4 cm³/mol. The highest BCUT2D eigenvalue weighted by atomic mass is 16.5. The van der Waals surface area contributed by atoms with Crippen molar-refractivity contribution in [2.24, 2.45) is 0 Å². The summed E-state index contributed by atoms with van der Waals surface area (Å²) >= 11 is 0. The maximum atomic E-state index is 12.3. The molecule has 0 fully saturated rings. The highest BCUT2D eigenvalue weighted by Crippen LogP contribution is 2.25. The van der Waals surface area contributed by atoms with Crippen molar-refractivity contribution in [2.45, 2.75) is 0 Å². The average molecular weight is 364 g/mol. The van der Waals surface area contributed by atoms with E-state index in [9.17, 15) is 14.7 Å². The predicted octanol–water partition coefficient (Wildman–Crippen LogP) is 3.23. The molecule has 3 rings (SSSR count). The van der Waals surface area contributed by atoms with Crippen LogP contribution >= 0.6 is 0 Å². The van der Waals surface area contributed by atoms with Gasteiger partial charge < -0.3 is 14.6 Å². The molecule has 27 heavy (non-hydrogen) atoms. The van der Waals surface area contributed by atoms with Crippen LogP contribution in [0.4, 0.5) is 0 Å². The number of carbonyl (C=O) groups excluding carboxylic acids is 1. The summed E-state index contributed by atoms with van der Waals surface area (Å²) in [5.74, 6) is 0.188. The third-order valence-corrected chi connectivity index (χ3v) is 3.72. The number of esters is 1. The molecule has 0 radical (unpaired) electrons. The van der Waals surface area contributed by atoms with Gasteiger partial charge in [-0.2, -0.15) is 0 Å². The molecule has 1 N–H and O–H groups in total. The van der Waals surface area contributed by atoms with Gasteiger partial charge >= 0.3 is 5.97 Å². The number of aromatic nitrogens is 2. The monoisotopic (exact) mass is 364 g/mol. The Bertz CT molecular complexity index is 1020. The van der Waals surface area contributed by atoms with Crippen molar-refractivity contribution >= 4 is 11.7 Å². The van der Waals surface area contributed by atoms with Crippen LogP contribution in [0.25, 0.3) is 17.0 Å². The molecule has 0 atom stereocenters. The van der Waals surface area contributed by atoms with E-state index in [0.29, 0.717) is 29.1 Å². The number of hydrogen-bond donors (Lipinski definition) is 1. The fraction of sp³-hybridized carbons (Fsp3) is 0.0500. The minimum absolute atomic E-state index is 0.285. The van der Waals surface area contributed by atoms with Crippen molar-refractivity contribution in [3.8, 4) is 22.9 Å². The Labute approximate surface area is 154 Å². The Kier molecular flexibility index (Phi) is 5.32. The molecule has 2 aromatic heterocycles. The molecule has 0 amide bonds. The number of aliphatic hydroxyl groups excluding tert-OH is 1. The molecule has 0 aliphatic carbocycles. The third kappa shape index (κ3) is 3.87. The zero-order valence-electron chi connectivity index (χ0n) is 14.4. The molecule has 0 aliphatic rings. The summed E-state index contributed by atoms with van der Waals surface area (Å²) in [6.45, 7) is 0. The van der Waals surface area contributed by atoms with Crippen molar-refractivity contribution in [2.75, 3.05) is 7.11 Å². The van der Waals surface area contributed by atoms with Gasteiger partial charge in [0.1, 0.15) is 12.0 Å². The quantitative estimate of drug-likeness (QED) is 0.425. The van der Waals surface area contributed by atoms with E-state index in [4.69, 9.17) is 4.74 Å². The normalized spacial score (nSPS) is 11.1. The lowest BCUT2D eigenvalue weighted by atomic mass is 10.1. The molecule has 7 heteroatoms. The average Bonchev–Trinajstić information content (AvgIpc) is 2.71. The van der Waals surface area contributed by atoms with E-state index in [0.717, 1.165) is 4.57 Å². The van der Waals surface area contributed by atoms with Crippen LogP contribution in [0.2, 0.25) is 0 Å². The highest BCUT2D eigenvalue weighted by molar-refractivity contribution is 6.10. The molecule has 0 saturated heterocycles. The lowest BCUT2D eigenvalue weighted by Gasteiger charge is -2.14. The standard InChI is InChI=1S/C20H16N2O5/c1-26-20(25)17(13-23)22-16(5-4-7-19(22)24)14-8-10-15(11-9-14)27-18-6-2-3-12-21-18/h2-13,23H,1H3/b17-13+. The zero-order chi connectivity index (χ0) is 19.2. The van der Waals surface area contributed by atoms with E-state index in [1.54, 1.807) is 54.7 Å². The molecule has 0 saturated carbocycles. The number of methoxy groups -OCH3 is 1. The van der Waals surface area contributed by atoms with E-state index in [2.05, 4.69) is 9.72 Å². The van der Waals surface area contributed by atoms with Gasteiger partial charge in [-0.05, 0) is 42.0 Å². The summed E-state index contributed by atoms with van der Waals surface area (Å²) in [7, 11) is 1.17. The maximum Gasteiger partial charge on any atom is 0.358 e. The topological polar surface area (TPSA) is 90.7 Å². The van der Waals surface area contributed by atoms with Crippen LogP contribution in [-0.4, -0.2) is 27.7 Å². The second-order valence-corrected chi connectivity index (χ2v) is 5.39. The van der Waals surface area contributed by atoms with Crippen LogP contribution in [0, 0.1) is 0 Å². The van der Waals surface area contributed by atoms with Crippen LogP contribution in [0.1, 0.15) is 0 Å². The molecule has 3 aromatic rings. The second-order valence-electron chi connectivity index (χ2n) is 5.39. The van der Waals surface area contributed by atoms with Gasteiger partial charge in [0.2, 0.25) is 5.88 Å². The van der Waals surface area contributed by atoms with Gasteiger partial charge in [0.25, 0.3) is 5.56 Å². The van der Waals surface area contributed by atoms with Crippen LogP contribution in [-0.2, 0) is 9.53 Å². The second kappa shape index (κ2) is 8.01. The molecule has 1 aromatic carbocycles. The molecular formula is C20H16N2O5. The van der Waals surface area contributed by atoms with Crippen molar-refractivity contribution in [1.82, 2.24) is 9.55 Å². The van der Waals surface area contributed by atoms with Gasteiger partial charge in [-0.15, -0.1) is 0 Å². The van der Waals surface area contributed by atoms with Crippen molar-refractivity contribution in [3.63, 3.8) is 0 Å². The maximum absolute atomic E-state index is 12.3. The lowest BCUT2D eigenvalue weighted by Crippen LogP contribution is -2.24.